The number of amides is 1. The first-order valence-electron chi connectivity index (χ1n) is 30.0. The van der Waals surface area contributed by atoms with Crippen LogP contribution in [0.4, 0.5) is 0 Å². The Morgan fingerprint density at radius 3 is 2.07 bits per heavy atom. The highest BCUT2D eigenvalue weighted by atomic mass is 32.2. The fraction of sp³-hybridized carbons (Fsp3) is 0.609. The number of carbonyl (C=O) groups excluding carboxylic acids is 7. The minimum atomic E-state index is -0.817. The van der Waals surface area contributed by atoms with Gasteiger partial charge >= 0.3 is 35.8 Å². The van der Waals surface area contributed by atoms with Gasteiger partial charge in [0.1, 0.15) is 48.5 Å². The van der Waals surface area contributed by atoms with E-state index in [-0.39, 0.29) is 54.9 Å². The van der Waals surface area contributed by atoms with Gasteiger partial charge in [0.15, 0.2) is 0 Å². The van der Waals surface area contributed by atoms with E-state index in [2.05, 4.69) is 49.8 Å². The summed E-state index contributed by atoms with van der Waals surface area (Å²) < 4.78 is 52.1. The maximum absolute atomic E-state index is 14.1. The van der Waals surface area contributed by atoms with E-state index in [0.717, 1.165) is 67.7 Å². The predicted molar refractivity (Wildman–Crippen MR) is 331 cm³/mol. The molecule has 3 aromatic heterocycles. The zero-order valence-corrected chi connectivity index (χ0v) is 54.6. The van der Waals surface area contributed by atoms with Crippen LogP contribution < -0.4 is 0 Å². The van der Waals surface area contributed by atoms with Crippen molar-refractivity contribution in [1.29, 1.82) is 0 Å². The number of methoxy groups -OCH3 is 1. The summed E-state index contributed by atoms with van der Waals surface area (Å²) in [6, 6.07) is 6.19. The fourth-order valence-corrected chi connectivity index (χ4v) is 14.5. The van der Waals surface area contributed by atoms with Crippen molar-refractivity contribution < 1.29 is 76.2 Å². The van der Waals surface area contributed by atoms with Crippen molar-refractivity contribution in [3.63, 3.8) is 0 Å². The first-order chi connectivity index (χ1) is 41.3. The number of thioether (sulfide) groups is 2. The minimum absolute atomic E-state index is 0.0214. The number of hydrogen-bond acceptors (Lipinski definition) is 20. The number of nitrogens with zero attached hydrogens (tertiary/aromatic N) is 3. The van der Waals surface area contributed by atoms with Crippen molar-refractivity contribution in [2.75, 3.05) is 52.0 Å². The normalized spacial score (nSPS) is 23.1. The summed E-state index contributed by atoms with van der Waals surface area (Å²) in [5, 5.41) is 0. The molecule has 4 aliphatic rings. The lowest BCUT2D eigenvalue weighted by Gasteiger charge is -2.44. The fourth-order valence-electron chi connectivity index (χ4n) is 12.1. The van der Waals surface area contributed by atoms with Crippen LogP contribution >= 0.6 is 23.5 Å². The molecule has 0 spiro atoms. The number of nitrogens with one attached hydrogen (secondary N) is 2. The van der Waals surface area contributed by atoms with Crippen molar-refractivity contribution >= 4 is 98.5 Å². The Labute approximate surface area is 518 Å². The lowest BCUT2D eigenvalue weighted by atomic mass is 9.85. The Kier molecular flexibility index (Phi) is 24.1. The summed E-state index contributed by atoms with van der Waals surface area (Å²) in [4.78, 5) is 107. The quantitative estimate of drug-likeness (QED) is 0.0480. The Balaban J connectivity index is 1.15. The molecule has 7 heterocycles. The van der Waals surface area contributed by atoms with Gasteiger partial charge < -0.3 is 57.5 Å². The average molecular weight is 1250 g/mol. The number of fused-ring (bicyclic) bond motifs is 8. The molecule has 21 nitrogen and oxygen atoms in total. The molecule has 2 fully saturated rings. The Hall–Kier alpha value is -6.27. The number of allylic oxidation sites excluding steroid dienone is 1. The number of rotatable bonds is 24. The second kappa shape index (κ2) is 30.8. The van der Waals surface area contributed by atoms with Crippen LogP contribution in [0.2, 0.25) is 0 Å². The molecule has 7 rings (SSSR count). The number of carbonyl (C=O) groups is 7. The van der Waals surface area contributed by atoms with Gasteiger partial charge in [-0.3, -0.25) is 33.8 Å². The number of aromatic nitrogens is 4. The second-order valence-corrected chi connectivity index (χ2v) is 25.4. The van der Waals surface area contributed by atoms with Crippen LogP contribution in [0.25, 0.3) is 33.2 Å². The Morgan fingerprint density at radius 2 is 1.40 bits per heavy atom. The highest BCUT2D eigenvalue weighted by molar-refractivity contribution is 8.00. The largest absolute Gasteiger partial charge is 0.465 e. The van der Waals surface area contributed by atoms with Crippen LogP contribution in [0.1, 0.15) is 176 Å². The number of aromatic amines is 2. The molecule has 11 atom stereocenters. The molecule has 0 aromatic carbocycles. The molecule has 476 valence electrons. The molecular formula is C64H87N5O16S2. The van der Waals surface area contributed by atoms with E-state index >= 15 is 0 Å². The van der Waals surface area contributed by atoms with Crippen molar-refractivity contribution in [2.24, 2.45) is 5.92 Å². The number of esters is 6. The molecule has 2 saturated heterocycles. The van der Waals surface area contributed by atoms with Crippen LogP contribution in [0, 0.1) is 26.7 Å². The summed E-state index contributed by atoms with van der Waals surface area (Å²) in [6.07, 6.45) is 0.164. The molecule has 2 N–H and O–H groups in total. The van der Waals surface area contributed by atoms with Gasteiger partial charge in [-0.25, -0.2) is 9.78 Å². The minimum Gasteiger partial charge on any atom is -0.465 e. The van der Waals surface area contributed by atoms with Crippen LogP contribution in [-0.4, -0.2) is 160 Å². The van der Waals surface area contributed by atoms with E-state index in [4.69, 9.17) is 52.6 Å². The molecule has 0 saturated carbocycles. The lowest BCUT2D eigenvalue weighted by molar-refractivity contribution is -0.212. The molecule has 87 heavy (non-hydrogen) atoms. The third-order valence-corrected chi connectivity index (χ3v) is 19.0. The molecule has 2 unspecified atom stereocenters. The van der Waals surface area contributed by atoms with Crippen LogP contribution in [0.5, 0.6) is 0 Å². The second-order valence-electron chi connectivity index (χ2n) is 23.0. The lowest BCUT2D eigenvalue weighted by Crippen LogP contribution is -2.56. The average Bonchev–Trinajstić information content (AvgIpc) is 1.87. The highest BCUT2D eigenvalue weighted by Gasteiger charge is 2.48. The molecule has 0 aliphatic carbocycles. The Morgan fingerprint density at radius 1 is 0.747 bits per heavy atom. The molecule has 0 radical (unpaired) electrons. The standard InChI is InChI=1S/C64H87N5O16S2/c1-16-46-32(2)48-29-53-57(38(8)78-22-18-24-87-64-62(83-43(13)74)37(7)61(82-42(12)73)54(85-64)31-80-40(10)71)34(4)50(66-53)27-49-33(3)47(59(67-49)36(6)60-58(63(76)77-15)35(5)51(68-60)28-52(46)65-48)19-20-55(75)69(14)21-17-23-86-56-26-44(81-41(11)72)25-45(84-56)30-79-39(9)70/h27-29,33,37-38,44-45,47,54,56,61-62,64-66H,16-26,30-31H2,1-15H3/t33-,37-,38?,44-,45-,47-,54+,56-,61-,62+,64?/m0/s1. The van der Waals surface area contributed by atoms with Crippen LogP contribution in [0.15, 0.2) is 18.2 Å². The molecular weight excluding hydrogens is 1160 g/mol. The number of aryl methyl sites for hydroxylation is 3. The monoisotopic (exact) mass is 1250 g/mol. The van der Waals surface area contributed by atoms with E-state index in [1.54, 1.807) is 16.7 Å². The molecule has 4 aliphatic heterocycles. The van der Waals surface area contributed by atoms with Gasteiger partial charge in [-0.05, 0) is 118 Å². The van der Waals surface area contributed by atoms with Gasteiger partial charge in [0, 0.05) is 131 Å². The maximum Gasteiger partial charge on any atom is 0.340 e. The SMILES string of the molecule is CCc1c(C)c2cc3[nH]c(cc4nc(c(C)c5nc(cc1[nH]2)C(C)=C5C(=O)OC)[C@@H](CCC(=O)N(C)CCCS[C@H]1C[C@@H](OC(C)=O)C[C@@H](COC(C)=O)O1)[C@@H]4C)c(C)c3C(C)OCCCSC1O[C@H](COC(C)=O)[C@@H](OC(C)=O)[C@H](C)[C@H]1OC(C)=O. The Bertz CT molecular complexity index is 3250. The van der Waals surface area contributed by atoms with Crippen molar-refractivity contribution in [2.45, 2.75) is 194 Å². The van der Waals surface area contributed by atoms with Gasteiger partial charge in [-0.2, -0.15) is 0 Å². The topological polar surface area (TPSA) is 263 Å². The third kappa shape index (κ3) is 17.1. The number of H-pyrrole nitrogens is 2. The summed E-state index contributed by atoms with van der Waals surface area (Å²) in [5.41, 5.74) is 11.0. The van der Waals surface area contributed by atoms with Crippen molar-refractivity contribution in [3.8, 4) is 0 Å². The van der Waals surface area contributed by atoms with Gasteiger partial charge in [-0.1, -0.05) is 20.8 Å². The van der Waals surface area contributed by atoms with Gasteiger partial charge in [0.05, 0.1) is 36.3 Å². The molecule has 1 amide bonds. The first-order valence-corrected chi connectivity index (χ1v) is 32.1. The van der Waals surface area contributed by atoms with Crippen LogP contribution in [-0.2, 0) is 82.6 Å². The van der Waals surface area contributed by atoms with Crippen LogP contribution in [0.3, 0.4) is 0 Å². The highest BCUT2D eigenvalue weighted by Crippen LogP contribution is 2.44. The molecule has 3 aromatic rings. The third-order valence-electron chi connectivity index (χ3n) is 16.6. The first kappa shape index (κ1) is 68.2. The van der Waals surface area contributed by atoms with Gasteiger partial charge in [-0.15, -0.1) is 23.5 Å². The van der Waals surface area contributed by atoms with E-state index in [1.807, 2.05) is 40.8 Å². The maximum atomic E-state index is 14.1. The van der Waals surface area contributed by atoms with E-state index in [0.29, 0.717) is 79.3 Å². The summed E-state index contributed by atoms with van der Waals surface area (Å²) in [7, 11) is 3.17. The molecule has 23 heteroatoms. The predicted octanol–water partition coefficient (Wildman–Crippen LogP) is 10.1. The zero-order valence-electron chi connectivity index (χ0n) is 53.0. The molecule has 8 bridgehead atoms. The van der Waals surface area contributed by atoms with Crippen molar-refractivity contribution in [1.82, 2.24) is 24.8 Å². The number of hydrogen-bond donors (Lipinski definition) is 2. The number of ether oxygens (including phenoxy) is 9. The van der Waals surface area contributed by atoms with Gasteiger partial charge in [0.25, 0.3) is 0 Å². The summed E-state index contributed by atoms with van der Waals surface area (Å²) in [5.74, 6) is -2.48. The summed E-state index contributed by atoms with van der Waals surface area (Å²) >= 11 is 3.03. The smallest absolute Gasteiger partial charge is 0.340 e. The van der Waals surface area contributed by atoms with Crippen molar-refractivity contribution in [3.05, 3.63) is 68.8 Å². The van der Waals surface area contributed by atoms with E-state index in [1.165, 1.54) is 53.5 Å². The van der Waals surface area contributed by atoms with E-state index < -0.39 is 71.7 Å². The van der Waals surface area contributed by atoms with Gasteiger partial charge in [0.2, 0.25) is 5.91 Å². The summed E-state index contributed by atoms with van der Waals surface area (Å²) in [6.45, 7) is 23.5. The zero-order chi connectivity index (χ0) is 63.6. The van der Waals surface area contributed by atoms with E-state index in [9.17, 15) is 33.6 Å².